The Kier molecular flexibility index (Phi) is 8.73. The maximum Gasteiger partial charge on any atom is 0.186 e. The van der Waals surface area contributed by atoms with Crippen LogP contribution in [0, 0.1) is 5.92 Å². The Hall–Kier alpha value is -0.860. The van der Waals surface area contributed by atoms with Crippen LogP contribution < -0.4 is 0 Å². The molecule has 2 atom stereocenters. The topological polar surface area (TPSA) is 38.7 Å². The average molecular weight is 241 g/mol. The van der Waals surface area contributed by atoms with Crippen molar-refractivity contribution in [3.8, 4) is 0 Å². The molecule has 0 aromatic rings. The van der Waals surface area contributed by atoms with Gasteiger partial charge >= 0.3 is 0 Å². The number of carbonyl (C=O) groups excluding carboxylic acids is 1. The van der Waals surface area contributed by atoms with Crippen LogP contribution in [0.15, 0.2) is 4.99 Å². The minimum absolute atomic E-state index is 0.0710. The van der Waals surface area contributed by atoms with Crippen molar-refractivity contribution in [2.24, 2.45) is 10.9 Å². The minimum Gasteiger partial charge on any atom is -0.478 e. The number of ketones is 1. The van der Waals surface area contributed by atoms with Crippen molar-refractivity contribution in [1.29, 1.82) is 0 Å². The van der Waals surface area contributed by atoms with Crippen LogP contribution in [0.25, 0.3) is 0 Å². The molecule has 0 amide bonds. The number of hydrogen-bond acceptors (Lipinski definition) is 3. The van der Waals surface area contributed by atoms with Gasteiger partial charge in [-0.05, 0) is 26.7 Å². The second-order valence-corrected chi connectivity index (χ2v) is 4.77. The van der Waals surface area contributed by atoms with Crippen molar-refractivity contribution in [2.45, 2.75) is 65.9 Å². The van der Waals surface area contributed by atoms with Gasteiger partial charge in [0.25, 0.3) is 0 Å². The predicted octanol–water partition coefficient (Wildman–Crippen LogP) is 3.62. The molecular formula is C14H27NO2. The van der Waals surface area contributed by atoms with E-state index >= 15 is 0 Å². The van der Waals surface area contributed by atoms with Crippen molar-refractivity contribution in [3.05, 3.63) is 0 Å². The van der Waals surface area contributed by atoms with E-state index in [0.717, 1.165) is 18.7 Å². The van der Waals surface area contributed by atoms with Crippen LogP contribution in [0.1, 0.15) is 59.8 Å². The molecule has 0 N–H and O–H groups in total. The summed E-state index contributed by atoms with van der Waals surface area (Å²) >= 11 is 0. The average Bonchev–Trinajstić information content (AvgIpc) is 2.30. The van der Waals surface area contributed by atoms with Gasteiger partial charge in [0.1, 0.15) is 5.78 Å². The first-order valence-corrected chi connectivity index (χ1v) is 6.64. The molecule has 0 aromatic heterocycles. The Labute approximate surface area is 106 Å². The van der Waals surface area contributed by atoms with Crippen LogP contribution in [-0.2, 0) is 9.53 Å². The quantitative estimate of drug-likeness (QED) is 0.481. The fourth-order valence-electron chi connectivity index (χ4n) is 1.69. The summed E-state index contributed by atoms with van der Waals surface area (Å²) < 4.78 is 5.81. The Morgan fingerprint density at radius 3 is 2.41 bits per heavy atom. The van der Waals surface area contributed by atoms with Gasteiger partial charge in [-0.3, -0.25) is 4.99 Å². The molecule has 0 radical (unpaired) electrons. The summed E-state index contributed by atoms with van der Waals surface area (Å²) in [5, 5.41) is 0. The Balaban J connectivity index is 4.07. The van der Waals surface area contributed by atoms with E-state index in [-0.39, 0.29) is 11.9 Å². The number of aliphatic imine (C=N–C) groups is 1. The maximum absolute atomic E-state index is 10.9. The van der Waals surface area contributed by atoms with Gasteiger partial charge in [0.2, 0.25) is 0 Å². The molecule has 0 bridgehead atoms. The first kappa shape index (κ1) is 16.1. The summed E-state index contributed by atoms with van der Waals surface area (Å²) in [5.41, 5.74) is 0. The van der Waals surface area contributed by atoms with Crippen LogP contribution in [0.4, 0.5) is 0 Å². The fourth-order valence-corrected chi connectivity index (χ4v) is 1.69. The van der Waals surface area contributed by atoms with Crippen molar-refractivity contribution >= 4 is 11.7 Å². The van der Waals surface area contributed by atoms with Crippen LogP contribution >= 0.6 is 0 Å². The third-order valence-corrected chi connectivity index (χ3v) is 2.86. The fraction of sp³-hybridized carbons (Fsp3) is 0.857. The van der Waals surface area contributed by atoms with Crippen molar-refractivity contribution in [1.82, 2.24) is 0 Å². The van der Waals surface area contributed by atoms with Gasteiger partial charge in [0.05, 0.1) is 6.10 Å². The third kappa shape index (κ3) is 7.94. The highest BCUT2D eigenvalue weighted by Gasteiger charge is 2.14. The van der Waals surface area contributed by atoms with Gasteiger partial charge in [-0.1, -0.05) is 26.7 Å². The number of ether oxygens (including phenoxy) is 1. The lowest BCUT2D eigenvalue weighted by atomic mass is 10.0. The molecule has 0 saturated heterocycles. The van der Waals surface area contributed by atoms with E-state index in [1.54, 1.807) is 14.0 Å². The zero-order valence-corrected chi connectivity index (χ0v) is 12.0. The summed E-state index contributed by atoms with van der Waals surface area (Å²) in [7, 11) is 1.77. The Bertz CT molecular complexity index is 249. The van der Waals surface area contributed by atoms with E-state index in [1.807, 2.05) is 6.92 Å². The molecule has 100 valence electrons. The number of nitrogens with zero attached hydrogens (tertiary/aromatic N) is 1. The molecule has 0 aliphatic heterocycles. The number of hydrogen-bond donors (Lipinski definition) is 0. The minimum atomic E-state index is 0.0710. The molecule has 0 saturated carbocycles. The zero-order chi connectivity index (χ0) is 13.3. The van der Waals surface area contributed by atoms with E-state index in [0.29, 0.717) is 12.3 Å². The molecule has 3 heteroatoms. The molecule has 0 heterocycles. The van der Waals surface area contributed by atoms with Gasteiger partial charge in [0, 0.05) is 19.4 Å². The van der Waals surface area contributed by atoms with Gasteiger partial charge < -0.3 is 9.53 Å². The van der Waals surface area contributed by atoms with Crippen molar-refractivity contribution in [2.75, 3.05) is 7.05 Å². The van der Waals surface area contributed by atoms with E-state index in [9.17, 15) is 4.79 Å². The van der Waals surface area contributed by atoms with E-state index in [4.69, 9.17) is 4.74 Å². The molecule has 0 rings (SSSR count). The van der Waals surface area contributed by atoms with Crippen LogP contribution in [0.3, 0.4) is 0 Å². The van der Waals surface area contributed by atoms with Gasteiger partial charge in [-0.2, -0.15) is 0 Å². The number of carbonyl (C=O) groups is 1. The highest BCUT2D eigenvalue weighted by molar-refractivity contribution is 5.78. The summed E-state index contributed by atoms with van der Waals surface area (Å²) in [6.45, 7) is 7.95. The van der Waals surface area contributed by atoms with E-state index in [1.165, 1.54) is 12.8 Å². The summed E-state index contributed by atoms with van der Waals surface area (Å²) in [6.07, 6.45) is 4.94. The number of Topliss-reactive ketones (excluding diaryl/α,β-unsaturated/α-hetero) is 1. The summed E-state index contributed by atoms with van der Waals surface area (Å²) in [6, 6.07) is 0. The third-order valence-electron chi connectivity index (χ3n) is 2.86. The number of rotatable bonds is 8. The zero-order valence-electron chi connectivity index (χ0n) is 12.0. The van der Waals surface area contributed by atoms with Crippen molar-refractivity contribution in [3.63, 3.8) is 0 Å². The van der Waals surface area contributed by atoms with Gasteiger partial charge in [-0.25, -0.2) is 0 Å². The van der Waals surface area contributed by atoms with E-state index < -0.39 is 0 Å². The lowest BCUT2D eigenvalue weighted by Crippen LogP contribution is -2.21. The molecule has 0 aliphatic carbocycles. The Morgan fingerprint density at radius 1 is 1.29 bits per heavy atom. The second kappa shape index (κ2) is 9.20. The monoisotopic (exact) mass is 241 g/mol. The summed E-state index contributed by atoms with van der Waals surface area (Å²) in [4.78, 5) is 15.1. The molecule has 0 fully saturated rings. The normalized spacial score (nSPS) is 15.5. The lowest BCUT2D eigenvalue weighted by molar-refractivity contribution is -0.117. The summed E-state index contributed by atoms with van der Waals surface area (Å²) in [5.74, 6) is 1.42. The highest BCUT2D eigenvalue weighted by atomic mass is 16.5. The largest absolute Gasteiger partial charge is 0.478 e. The maximum atomic E-state index is 10.9. The standard InChI is InChI=1S/C14H27NO2/c1-6-7-8-11(2)14(15-5)17-13(4)10-9-12(3)16/h11,13H,6-10H2,1-5H3. The van der Waals surface area contributed by atoms with E-state index in [2.05, 4.69) is 18.8 Å². The molecule has 0 spiro atoms. The van der Waals surface area contributed by atoms with Crippen LogP contribution in [0.2, 0.25) is 0 Å². The van der Waals surface area contributed by atoms with Gasteiger partial charge in [-0.15, -0.1) is 0 Å². The Morgan fingerprint density at radius 2 is 1.94 bits per heavy atom. The van der Waals surface area contributed by atoms with Crippen molar-refractivity contribution < 1.29 is 9.53 Å². The lowest BCUT2D eigenvalue weighted by Gasteiger charge is -2.20. The molecule has 0 aromatic carbocycles. The molecule has 3 nitrogen and oxygen atoms in total. The highest BCUT2D eigenvalue weighted by Crippen LogP contribution is 2.13. The molecule has 0 aliphatic rings. The number of unbranched alkanes of at least 4 members (excludes halogenated alkanes) is 1. The SMILES string of the molecule is CCCCC(C)C(=NC)OC(C)CCC(C)=O. The molecular weight excluding hydrogens is 214 g/mol. The smallest absolute Gasteiger partial charge is 0.186 e. The van der Waals surface area contributed by atoms with Crippen LogP contribution in [0.5, 0.6) is 0 Å². The second-order valence-electron chi connectivity index (χ2n) is 4.77. The predicted molar refractivity (Wildman–Crippen MR) is 72.5 cm³/mol. The first-order valence-electron chi connectivity index (χ1n) is 6.64. The first-order chi connectivity index (χ1) is 8.01. The van der Waals surface area contributed by atoms with Gasteiger partial charge in [0.15, 0.2) is 5.90 Å². The van der Waals surface area contributed by atoms with Crippen LogP contribution in [-0.4, -0.2) is 24.8 Å². The molecule has 2 unspecified atom stereocenters. The molecule has 17 heavy (non-hydrogen) atoms.